The molecule has 1 aromatic rings. The maximum Gasteiger partial charge on any atom is 0.119 e. The molecule has 63 valence electrons. The smallest absolute Gasteiger partial charge is 0.119 e. The van der Waals surface area contributed by atoms with Crippen LogP contribution >= 0.6 is 0 Å². The van der Waals surface area contributed by atoms with E-state index in [2.05, 4.69) is 0 Å². The standard InChI is InChI=1S/C10H11O2/c1-12-10-6-2-4-9(8-10)5-3-7-11/h2-6,8H,7H2,1H3/b5-3+. The van der Waals surface area contributed by atoms with Gasteiger partial charge in [0.15, 0.2) is 0 Å². The van der Waals surface area contributed by atoms with E-state index in [0.29, 0.717) is 0 Å². The first kappa shape index (κ1) is 8.81. The summed E-state index contributed by atoms with van der Waals surface area (Å²) in [5.41, 5.74) is 0.991. The van der Waals surface area contributed by atoms with Gasteiger partial charge in [-0.2, -0.15) is 0 Å². The zero-order valence-corrected chi connectivity index (χ0v) is 6.99. The Morgan fingerprint density at radius 2 is 2.33 bits per heavy atom. The molecule has 0 atom stereocenters. The lowest BCUT2D eigenvalue weighted by molar-refractivity contribution is 0.233. The summed E-state index contributed by atoms with van der Waals surface area (Å²) < 4.78 is 5.02. The van der Waals surface area contributed by atoms with Crippen molar-refractivity contribution in [1.82, 2.24) is 0 Å². The van der Waals surface area contributed by atoms with E-state index < -0.39 is 0 Å². The number of methoxy groups -OCH3 is 1. The molecule has 0 aromatic heterocycles. The van der Waals surface area contributed by atoms with Crippen LogP contribution in [-0.4, -0.2) is 13.7 Å². The van der Waals surface area contributed by atoms with Crippen LogP contribution < -0.4 is 4.74 Å². The van der Waals surface area contributed by atoms with Crippen molar-refractivity contribution in [3.05, 3.63) is 35.9 Å². The predicted molar refractivity (Wildman–Crippen MR) is 47.6 cm³/mol. The summed E-state index contributed by atoms with van der Waals surface area (Å²) in [6, 6.07) is 7.57. The topological polar surface area (TPSA) is 29.1 Å². The highest BCUT2D eigenvalue weighted by Crippen LogP contribution is 2.13. The Labute approximate surface area is 72.1 Å². The lowest BCUT2D eigenvalue weighted by Crippen LogP contribution is -1.82. The van der Waals surface area contributed by atoms with Crippen LogP contribution in [0, 0.1) is 0 Å². The fourth-order valence-corrected chi connectivity index (χ4v) is 0.929. The van der Waals surface area contributed by atoms with E-state index in [1.165, 1.54) is 0 Å². The minimum Gasteiger partial charge on any atom is -0.497 e. The summed E-state index contributed by atoms with van der Waals surface area (Å²) in [7, 11) is 1.62. The van der Waals surface area contributed by atoms with Gasteiger partial charge in [-0.25, -0.2) is 5.11 Å². The molecule has 0 aliphatic carbocycles. The Morgan fingerprint density at radius 3 is 3.00 bits per heavy atom. The quantitative estimate of drug-likeness (QED) is 0.671. The van der Waals surface area contributed by atoms with Crippen molar-refractivity contribution in [1.29, 1.82) is 0 Å². The van der Waals surface area contributed by atoms with E-state index in [4.69, 9.17) is 4.74 Å². The van der Waals surface area contributed by atoms with Gasteiger partial charge in [0.1, 0.15) is 12.4 Å². The second kappa shape index (κ2) is 4.57. The third kappa shape index (κ3) is 2.40. The molecule has 1 radical (unpaired) electrons. The fraction of sp³-hybridized carbons (Fsp3) is 0.200. The first-order valence-corrected chi connectivity index (χ1v) is 3.75. The van der Waals surface area contributed by atoms with Gasteiger partial charge in [-0.1, -0.05) is 24.3 Å². The molecule has 0 unspecified atom stereocenters. The summed E-state index contributed by atoms with van der Waals surface area (Å²) in [4.78, 5) is 0. The molecule has 2 nitrogen and oxygen atoms in total. The van der Waals surface area contributed by atoms with Gasteiger partial charge in [-0.05, 0) is 17.7 Å². The average Bonchev–Trinajstić information content (AvgIpc) is 2.15. The van der Waals surface area contributed by atoms with E-state index in [1.54, 1.807) is 19.3 Å². The molecule has 0 bridgehead atoms. The highest BCUT2D eigenvalue weighted by atomic mass is 16.5. The highest BCUT2D eigenvalue weighted by molar-refractivity contribution is 5.51. The molecule has 12 heavy (non-hydrogen) atoms. The summed E-state index contributed by atoms with van der Waals surface area (Å²) in [5, 5.41) is 10.1. The molecule has 0 heterocycles. The van der Waals surface area contributed by atoms with Crippen LogP contribution in [0.5, 0.6) is 5.75 Å². The van der Waals surface area contributed by atoms with Crippen molar-refractivity contribution >= 4 is 6.08 Å². The lowest BCUT2D eigenvalue weighted by Gasteiger charge is -1.99. The largest absolute Gasteiger partial charge is 0.497 e. The molecule has 0 aliphatic rings. The van der Waals surface area contributed by atoms with Gasteiger partial charge in [-0.3, -0.25) is 0 Å². The first-order valence-electron chi connectivity index (χ1n) is 3.75. The minimum absolute atomic E-state index is 0.183. The van der Waals surface area contributed by atoms with Gasteiger partial charge in [0.05, 0.1) is 7.11 Å². The van der Waals surface area contributed by atoms with Gasteiger partial charge in [0, 0.05) is 0 Å². The second-order valence-electron chi connectivity index (χ2n) is 2.35. The van der Waals surface area contributed by atoms with Crippen LogP contribution in [0.15, 0.2) is 30.3 Å². The highest BCUT2D eigenvalue weighted by Gasteiger charge is 1.90. The summed E-state index contributed by atoms with van der Waals surface area (Å²) in [5.74, 6) is 0.808. The number of rotatable bonds is 3. The second-order valence-corrected chi connectivity index (χ2v) is 2.35. The van der Waals surface area contributed by atoms with Gasteiger partial charge in [-0.15, -0.1) is 0 Å². The van der Waals surface area contributed by atoms with Crippen molar-refractivity contribution in [2.24, 2.45) is 0 Å². The van der Waals surface area contributed by atoms with Crippen LogP contribution in [0.2, 0.25) is 0 Å². The molecule has 0 amide bonds. The third-order valence-electron chi connectivity index (χ3n) is 1.50. The number of hydrogen-bond donors (Lipinski definition) is 0. The van der Waals surface area contributed by atoms with Gasteiger partial charge in [0.2, 0.25) is 0 Å². The van der Waals surface area contributed by atoms with Crippen LogP contribution in [0.3, 0.4) is 0 Å². The van der Waals surface area contributed by atoms with E-state index >= 15 is 0 Å². The molecule has 0 fully saturated rings. The Morgan fingerprint density at radius 1 is 1.50 bits per heavy atom. The average molecular weight is 163 g/mol. The summed E-state index contributed by atoms with van der Waals surface area (Å²) >= 11 is 0. The maximum absolute atomic E-state index is 10.1. The Hall–Kier alpha value is -1.28. The number of ether oxygens (including phenoxy) is 1. The molecule has 0 N–H and O–H groups in total. The third-order valence-corrected chi connectivity index (χ3v) is 1.50. The Kier molecular flexibility index (Phi) is 3.35. The fourth-order valence-electron chi connectivity index (χ4n) is 0.929. The SMILES string of the molecule is COc1cccc(/C=C/C[O])c1. The van der Waals surface area contributed by atoms with Crippen molar-refractivity contribution in [2.45, 2.75) is 0 Å². The monoisotopic (exact) mass is 163 g/mol. The van der Waals surface area contributed by atoms with Crippen LogP contribution in [-0.2, 0) is 5.11 Å². The van der Waals surface area contributed by atoms with Crippen LogP contribution in [0.4, 0.5) is 0 Å². The van der Waals surface area contributed by atoms with E-state index in [9.17, 15) is 5.11 Å². The first-order chi connectivity index (χ1) is 5.86. The normalized spacial score (nSPS) is 10.5. The van der Waals surface area contributed by atoms with Crippen molar-refractivity contribution in [2.75, 3.05) is 13.7 Å². The summed E-state index contributed by atoms with van der Waals surface area (Å²) in [6.45, 7) is -0.183. The predicted octanol–water partition coefficient (Wildman–Crippen LogP) is 2.14. The van der Waals surface area contributed by atoms with E-state index in [0.717, 1.165) is 11.3 Å². The van der Waals surface area contributed by atoms with Crippen molar-refractivity contribution < 1.29 is 9.84 Å². The molecule has 1 aromatic carbocycles. The van der Waals surface area contributed by atoms with E-state index in [1.807, 2.05) is 24.3 Å². The zero-order valence-electron chi connectivity index (χ0n) is 6.99. The Bertz CT molecular complexity index is 266. The maximum atomic E-state index is 10.1. The van der Waals surface area contributed by atoms with Gasteiger partial charge < -0.3 is 4.74 Å². The van der Waals surface area contributed by atoms with Gasteiger partial charge >= 0.3 is 0 Å². The molecule has 0 spiro atoms. The van der Waals surface area contributed by atoms with E-state index in [-0.39, 0.29) is 6.61 Å². The number of hydrogen-bond acceptors (Lipinski definition) is 1. The van der Waals surface area contributed by atoms with Crippen LogP contribution in [0.1, 0.15) is 5.56 Å². The lowest BCUT2D eigenvalue weighted by atomic mass is 10.2. The number of benzene rings is 1. The van der Waals surface area contributed by atoms with Crippen LogP contribution in [0.25, 0.3) is 6.08 Å². The summed E-state index contributed by atoms with van der Waals surface area (Å²) in [6.07, 6.45) is 3.37. The molecule has 0 aliphatic heterocycles. The molecular formula is C10H11O2. The Balaban J connectivity index is 2.79. The molecule has 1 rings (SSSR count). The molecule has 0 saturated heterocycles. The molecular weight excluding hydrogens is 152 g/mol. The molecule has 0 saturated carbocycles. The van der Waals surface area contributed by atoms with Crippen molar-refractivity contribution in [3.8, 4) is 5.75 Å². The van der Waals surface area contributed by atoms with Crippen molar-refractivity contribution in [3.63, 3.8) is 0 Å². The van der Waals surface area contributed by atoms with Gasteiger partial charge in [0.25, 0.3) is 0 Å². The minimum atomic E-state index is -0.183. The zero-order chi connectivity index (χ0) is 8.81. The molecule has 2 heteroatoms.